The predicted octanol–water partition coefficient (Wildman–Crippen LogP) is 2.96. The summed E-state index contributed by atoms with van der Waals surface area (Å²) in [5.41, 5.74) is 7.03. The Morgan fingerprint density at radius 3 is 2.04 bits per heavy atom. The lowest BCUT2D eigenvalue weighted by Crippen LogP contribution is -2.34. The number of hydrogen-bond donors (Lipinski definition) is 5. The second kappa shape index (κ2) is 8.52. The van der Waals surface area contributed by atoms with Crippen molar-refractivity contribution in [1.82, 2.24) is 5.32 Å². The lowest BCUT2D eigenvalue weighted by molar-refractivity contribution is 0.102. The maximum absolute atomic E-state index is 12.4. The maximum atomic E-state index is 12.4. The van der Waals surface area contributed by atoms with Gasteiger partial charge in [0, 0.05) is 28.7 Å². The van der Waals surface area contributed by atoms with Crippen molar-refractivity contribution in [2.75, 3.05) is 16.0 Å². The van der Waals surface area contributed by atoms with Gasteiger partial charge in [0.15, 0.2) is 0 Å². The standard InChI is InChI=1S/C18H21N5O3/c1-11(2)20-18(26)23-15-5-3-4-12(10-15)16(24)21-13-6-8-14(9-7-13)22-17(19)25/h3-11H,1-2H3,(H,21,24)(H3,19,22,25)(H2,20,23,26). The summed E-state index contributed by atoms with van der Waals surface area (Å²) >= 11 is 0. The number of nitrogens with two attached hydrogens (primary N) is 1. The summed E-state index contributed by atoms with van der Waals surface area (Å²) in [6, 6.07) is 12.1. The van der Waals surface area contributed by atoms with Gasteiger partial charge in [-0.15, -0.1) is 0 Å². The molecule has 0 bridgehead atoms. The minimum Gasteiger partial charge on any atom is -0.351 e. The molecule has 0 fully saturated rings. The molecule has 0 aromatic heterocycles. The monoisotopic (exact) mass is 355 g/mol. The average Bonchev–Trinajstić information content (AvgIpc) is 2.55. The quantitative estimate of drug-likeness (QED) is 0.566. The van der Waals surface area contributed by atoms with E-state index in [4.69, 9.17) is 5.73 Å². The van der Waals surface area contributed by atoms with Gasteiger partial charge >= 0.3 is 12.1 Å². The third-order valence-electron chi connectivity index (χ3n) is 3.21. The number of carbonyl (C=O) groups excluding carboxylic acids is 3. The molecule has 0 saturated heterocycles. The van der Waals surface area contributed by atoms with Gasteiger partial charge in [0.05, 0.1) is 0 Å². The molecule has 0 aliphatic carbocycles. The molecule has 0 aliphatic rings. The summed E-state index contributed by atoms with van der Waals surface area (Å²) in [5.74, 6) is -0.325. The average molecular weight is 355 g/mol. The Morgan fingerprint density at radius 1 is 0.846 bits per heavy atom. The molecule has 0 heterocycles. The van der Waals surface area contributed by atoms with Crippen molar-refractivity contribution in [2.45, 2.75) is 19.9 Å². The highest BCUT2D eigenvalue weighted by Gasteiger charge is 2.09. The normalized spacial score (nSPS) is 10.1. The molecule has 2 aromatic rings. The number of nitrogens with one attached hydrogen (secondary N) is 4. The maximum Gasteiger partial charge on any atom is 0.319 e. The summed E-state index contributed by atoms with van der Waals surface area (Å²) in [6.07, 6.45) is 0. The molecule has 0 aliphatic heterocycles. The summed E-state index contributed by atoms with van der Waals surface area (Å²) in [4.78, 5) is 34.9. The Morgan fingerprint density at radius 2 is 1.46 bits per heavy atom. The van der Waals surface area contributed by atoms with Crippen molar-refractivity contribution >= 4 is 35.0 Å². The van der Waals surface area contributed by atoms with Crippen LogP contribution in [0, 0.1) is 0 Å². The van der Waals surface area contributed by atoms with Gasteiger partial charge in [0.25, 0.3) is 5.91 Å². The van der Waals surface area contributed by atoms with E-state index in [1.54, 1.807) is 48.5 Å². The van der Waals surface area contributed by atoms with Crippen molar-refractivity contribution in [3.63, 3.8) is 0 Å². The van der Waals surface area contributed by atoms with Gasteiger partial charge in [0.1, 0.15) is 0 Å². The summed E-state index contributed by atoms with van der Waals surface area (Å²) in [7, 11) is 0. The Hall–Kier alpha value is -3.55. The number of primary amides is 1. The number of rotatable bonds is 5. The molecule has 0 atom stereocenters. The zero-order valence-corrected chi connectivity index (χ0v) is 14.5. The minimum absolute atomic E-state index is 0.00788. The van der Waals surface area contributed by atoms with Gasteiger partial charge in [-0.3, -0.25) is 4.79 Å². The molecule has 2 rings (SSSR count). The molecule has 2 aromatic carbocycles. The molecule has 8 nitrogen and oxygen atoms in total. The predicted molar refractivity (Wildman–Crippen MR) is 101 cm³/mol. The highest BCUT2D eigenvalue weighted by Crippen LogP contribution is 2.16. The molecule has 0 unspecified atom stereocenters. The topological polar surface area (TPSA) is 125 Å². The molecule has 5 amide bonds. The molecule has 0 radical (unpaired) electrons. The first-order chi connectivity index (χ1) is 12.3. The SMILES string of the molecule is CC(C)NC(=O)Nc1cccc(C(=O)Nc2ccc(NC(N)=O)cc2)c1. The van der Waals surface area contributed by atoms with Crippen LogP contribution in [0.1, 0.15) is 24.2 Å². The number of benzene rings is 2. The van der Waals surface area contributed by atoms with Crippen LogP contribution in [0.5, 0.6) is 0 Å². The zero-order valence-electron chi connectivity index (χ0n) is 14.5. The number of hydrogen-bond acceptors (Lipinski definition) is 3. The van der Waals surface area contributed by atoms with Crippen LogP contribution < -0.4 is 27.0 Å². The molecule has 136 valence electrons. The first-order valence-corrected chi connectivity index (χ1v) is 7.99. The van der Waals surface area contributed by atoms with Crippen LogP contribution in [0.2, 0.25) is 0 Å². The third kappa shape index (κ3) is 5.82. The van der Waals surface area contributed by atoms with E-state index in [1.165, 1.54) is 0 Å². The fraction of sp³-hybridized carbons (Fsp3) is 0.167. The number of anilines is 3. The first kappa shape index (κ1) is 18.8. The van der Waals surface area contributed by atoms with E-state index < -0.39 is 6.03 Å². The van der Waals surface area contributed by atoms with Crippen LogP contribution in [0.15, 0.2) is 48.5 Å². The Kier molecular flexibility index (Phi) is 6.15. The van der Waals surface area contributed by atoms with Gasteiger partial charge in [-0.1, -0.05) is 6.07 Å². The van der Waals surface area contributed by atoms with Crippen LogP contribution in [0.25, 0.3) is 0 Å². The van der Waals surface area contributed by atoms with Crippen LogP contribution in [-0.2, 0) is 0 Å². The van der Waals surface area contributed by atoms with E-state index in [0.717, 1.165) is 0 Å². The number of carbonyl (C=O) groups is 3. The van der Waals surface area contributed by atoms with E-state index >= 15 is 0 Å². The minimum atomic E-state index is -0.660. The van der Waals surface area contributed by atoms with Crippen molar-refractivity contribution < 1.29 is 14.4 Å². The van der Waals surface area contributed by atoms with E-state index in [9.17, 15) is 14.4 Å². The third-order valence-corrected chi connectivity index (χ3v) is 3.21. The Labute approximate surface area is 151 Å². The van der Waals surface area contributed by atoms with Crippen molar-refractivity contribution in [3.05, 3.63) is 54.1 Å². The van der Waals surface area contributed by atoms with E-state index in [1.807, 2.05) is 13.8 Å². The Balaban J connectivity index is 2.02. The highest BCUT2D eigenvalue weighted by atomic mass is 16.2. The molecule has 6 N–H and O–H groups in total. The van der Waals surface area contributed by atoms with E-state index in [0.29, 0.717) is 22.6 Å². The number of amides is 5. The van der Waals surface area contributed by atoms with Gasteiger partial charge in [-0.2, -0.15) is 0 Å². The zero-order chi connectivity index (χ0) is 19.1. The van der Waals surface area contributed by atoms with E-state index in [-0.39, 0.29) is 18.0 Å². The summed E-state index contributed by atoms with van der Waals surface area (Å²) in [5, 5.41) is 10.6. The highest BCUT2D eigenvalue weighted by molar-refractivity contribution is 6.05. The van der Waals surface area contributed by atoms with Crippen LogP contribution in [0.3, 0.4) is 0 Å². The van der Waals surface area contributed by atoms with E-state index in [2.05, 4.69) is 21.3 Å². The number of urea groups is 2. The largest absolute Gasteiger partial charge is 0.351 e. The van der Waals surface area contributed by atoms with Crippen molar-refractivity contribution in [2.24, 2.45) is 5.73 Å². The lowest BCUT2D eigenvalue weighted by atomic mass is 10.2. The fourth-order valence-corrected chi connectivity index (χ4v) is 2.15. The van der Waals surface area contributed by atoms with Gasteiger partial charge in [0.2, 0.25) is 0 Å². The first-order valence-electron chi connectivity index (χ1n) is 7.99. The van der Waals surface area contributed by atoms with Crippen LogP contribution in [0.4, 0.5) is 26.7 Å². The molecular weight excluding hydrogens is 334 g/mol. The second-order valence-electron chi connectivity index (χ2n) is 5.85. The van der Waals surface area contributed by atoms with Crippen LogP contribution in [-0.4, -0.2) is 24.0 Å². The molecular formula is C18H21N5O3. The molecule has 26 heavy (non-hydrogen) atoms. The summed E-state index contributed by atoms with van der Waals surface area (Å²) in [6.45, 7) is 3.71. The van der Waals surface area contributed by atoms with Gasteiger partial charge in [-0.05, 0) is 56.3 Å². The molecule has 0 spiro atoms. The molecule has 0 saturated carbocycles. The smallest absolute Gasteiger partial charge is 0.319 e. The second-order valence-corrected chi connectivity index (χ2v) is 5.85. The summed E-state index contributed by atoms with van der Waals surface area (Å²) < 4.78 is 0. The lowest BCUT2D eigenvalue weighted by Gasteiger charge is -2.11. The Bertz CT molecular complexity index is 803. The van der Waals surface area contributed by atoms with Crippen molar-refractivity contribution in [1.29, 1.82) is 0 Å². The van der Waals surface area contributed by atoms with Gasteiger partial charge < -0.3 is 27.0 Å². The van der Waals surface area contributed by atoms with Crippen LogP contribution >= 0.6 is 0 Å². The van der Waals surface area contributed by atoms with Crippen molar-refractivity contribution in [3.8, 4) is 0 Å². The molecule has 8 heteroatoms. The van der Waals surface area contributed by atoms with Gasteiger partial charge in [-0.25, -0.2) is 9.59 Å². The fourth-order valence-electron chi connectivity index (χ4n) is 2.15.